The van der Waals surface area contributed by atoms with Gasteiger partial charge in [-0.05, 0) is 35.0 Å². The van der Waals surface area contributed by atoms with Crippen molar-refractivity contribution < 1.29 is 9.66 Å². The van der Waals surface area contributed by atoms with Crippen LogP contribution in [0.5, 0.6) is 5.75 Å². The van der Waals surface area contributed by atoms with E-state index in [0.717, 1.165) is 24.0 Å². The lowest BCUT2D eigenvalue weighted by Gasteiger charge is -2.13. The number of nitrogens with one attached hydrogen (secondary N) is 1. The summed E-state index contributed by atoms with van der Waals surface area (Å²) in [5, 5.41) is 13.8. The number of nitro groups is 1. The van der Waals surface area contributed by atoms with Crippen LogP contribution >= 0.6 is 15.9 Å². The van der Waals surface area contributed by atoms with Gasteiger partial charge in [-0.1, -0.05) is 0 Å². The maximum Gasteiger partial charge on any atom is 0.273 e. The molecule has 0 spiro atoms. The van der Waals surface area contributed by atoms with Gasteiger partial charge in [0.1, 0.15) is 11.9 Å². The summed E-state index contributed by atoms with van der Waals surface area (Å²) >= 11 is 3.32. The lowest BCUT2D eigenvalue weighted by atomic mass is 10.3. The van der Waals surface area contributed by atoms with Gasteiger partial charge >= 0.3 is 0 Å². The average Bonchev–Trinajstić information content (AvgIpc) is 2.73. The summed E-state index contributed by atoms with van der Waals surface area (Å²) < 4.78 is 6.42. The molecule has 16 heavy (non-hydrogen) atoms. The number of non-ortho nitro benzene ring substituents is 1. The van der Waals surface area contributed by atoms with Crippen LogP contribution in [-0.2, 0) is 0 Å². The molecule has 0 aromatic heterocycles. The van der Waals surface area contributed by atoms with Crippen LogP contribution in [0.3, 0.4) is 0 Å². The molecule has 1 fully saturated rings. The Morgan fingerprint density at radius 2 is 2.38 bits per heavy atom. The minimum absolute atomic E-state index is 0.0455. The third-order valence-electron chi connectivity index (χ3n) is 2.43. The molecule has 0 saturated carbocycles. The van der Waals surface area contributed by atoms with E-state index in [-0.39, 0.29) is 11.8 Å². The number of hydrogen-bond acceptors (Lipinski definition) is 4. The van der Waals surface area contributed by atoms with Crippen LogP contribution in [0.15, 0.2) is 22.7 Å². The lowest BCUT2D eigenvalue weighted by Crippen LogP contribution is -2.19. The van der Waals surface area contributed by atoms with Gasteiger partial charge in [0, 0.05) is 12.6 Å². The fourth-order valence-electron chi connectivity index (χ4n) is 1.60. The summed E-state index contributed by atoms with van der Waals surface area (Å²) in [7, 11) is 0. The lowest BCUT2D eigenvalue weighted by molar-refractivity contribution is -0.385. The highest BCUT2D eigenvalue weighted by Gasteiger charge is 2.18. The van der Waals surface area contributed by atoms with E-state index in [0.29, 0.717) is 5.75 Å². The second kappa shape index (κ2) is 4.80. The molecule has 1 aromatic carbocycles. The van der Waals surface area contributed by atoms with E-state index in [1.165, 1.54) is 12.1 Å². The van der Waals surface area contributed by atoms with Crippen molar-refractivity contribution in [2.45, 2.75) is 12.5 Å². The Morgan fingerprint density at radius 1 is 1.56 bits per heavy atom. The van der Waals surface area contributed by atoms with Gasteiger partial charge in [-0.15, -0.1) is 0 Å². The van der Waals surface area contributed by atoms with Gasteiger partial charge in [0.25, 0.3) is 5.69 Å². The molecule has 1 N–H and O–H groups in total. The van der Waals surface area contributed by atoms with Crippen LogP contribution in [0.4, 0.5) is 5.69 Å². The number of nitro benzene ring substituents is 1. The molecule has 1 aliphatic heterocycles. The van der Waals surface area contributed by atoms with Gasteiger partial charge < -0.3 is 10.1 Å². The Balaban J connectivity index is 2.17. The van der Waals surface area contributed by atoms with Crippen molar-refractivity contribution in [3.8, 4) is 5.75 Å². The van der Waals surface area contributed by atoms with Crippen molar-refractivity contribution in [3.05, 3.63) is 32.8 Å². The van der Waals surface area contributed by atoms with Crippen molar-refractivity contribution >= 4 is 21.6 Å². The molecule has 1 aromatic rings. The van der Waals surface area contributed by atoms with E-state index in [1.807, 2.05) is 0 Å². The fraction of sp³-hybridized carbons (Fsp3) is 0.400. The SMILES string of the molecule is O=[N+]([O-])c1ccc(Br)c(O[C@@H]2CCNC2)c1. The number of halogens is 1. The third kappa shape index (κ3) is 2.51. The number of nitrogens with zero attached hydrogens (tertiary/aromatic N) is 1. The van der Waals surface area contributed by atoms with Gasteiger partial charge in [0.2, 0.25) is 0 Å². The molecular weight excluding hydrogens is 276 g/mol. The number of hydrogen-bond donors (Lipinski definition) is 1. The van der Waals surface area contributed by atoms with E-state index in [4.69, 9.17) is 4.74 Å². The Hall–Kier alpha value is -1.14. The quantitative estimate of drug-likeness (QED) is 0.683. The van der Waals surface area contributed by atoms with E-state index in [2.05, 4.69) is 21.2 Å². The number of ether oxygens (including phenoxy) is 1. The second-order valence-electron chi connectivity index (χ2n) is 3.60. The van der Waals surface area contributed by atoms with Gasteiger partial charge in [-0.2, -0.15) is 0 Å². The van der Waals surface area contributed by atoms with Crippen LogP contribution in [0.2, 0.25) is 0 Å². The minimum Gasteiger partial charge on any atom is -0.488 e. The number of rotatable bonds is 3. The highest BCUT2D eigenvalue weighted by Crippen LogP contribution is 2.30. The summed E-state index contributed by atoms with van der Waals surface area (Å²) in [6.45, 7) is 1.71. The van der Waals surface area contributed by atoms with Crippen LogP contribution < -0.4 is 10.1 Å². The van der Waals surface area contributed by atoms with Gasteiger partial charge in [0.15, 0.2) is 0 Å². The standard InChI is InChI=1S/C10H11BrN2O3/c11-9-2-1-7(13(14)15)5-10(9)16-8-3-4-12-6-8/h1-2,5,8,12H,3-4,6H2/t8-/m1/s1. The Bertz CT molecular complexity index is 405. The summed E-state index contributed by atoms with van der Waals surface area (Å²) in [5.41, 5.74) is 0.0455. The van der Waals surface area contributed by atoms with Crippen LogP contribution in [0.25, 0.3) is 0 Å². The molecule has 0 radical (unpaired) electrons. The third-order valence-corrected chi connectivity index (χ3v) is 3.09. The molecular formula is C10H11BrN2O3. The summed E-state index contributed by atoms with van der Waals surface area (Å²) in [6.07, 6.45) is 1.02. The van der Waals surface area contributed by atoms with E-state index in [1.54, 1.807) is 6.07 Å². The zero-order valence-electron chi connectivity index (χ0n) is 8.48. The van der Waals surface area contributed by atoms with Gasteiger partial charge in [-0.25, -0.2) is 0 Å². The monoisotopic (exact) mass is 286 g/mol. The first-order valence-corrected chi connectivity index (χ1v) is 5.77. The molecule has 0 bridgehead atoms. The molecule has 1 aliphatic rings. The summed E-state index contributed by atoms with van der Waals surface area (Å²) in [5.74, 6) is 0.530. The molecule has 1 heterocycles. The minimum atomic E-state index is -0.424. The molecule has 0 aliphatic carbocycles. The van der Waals surface area contributed by atoms with Gasteiger partial charge in [0.05, 0.1) is 15.5 Å². The zero-order valence-corrected chi connectivity index (χ0v) is 10.1. The van der Waals surface area contributed by atoms with Crippen molar-refractivity contribution in [2.24, 2.45) is 0 Å². The van der Waals surface area contributed by atoms with Crippen molar-refractivity contribution in [2.75, 3.05) is 13.1 Å². The molecule has 1 atom stereocenters. The average molecular weight is 287 g/mol. The van der Waals surface area contributed by atoms with Gasteiger partial charge in [-0.3, -0.25) is 10.1 Å². The van der Waals surface area contributed by atoms with E-state index >= 15 is 0 Å². The van der Waals surface area contributed by atoms with E-state index in [9.17, 15) is 10.1 Å². The predicted molar refractivity (Wildman–Crippen MR) is 62.7 cm³/mol. The van der Waals surface area contributed by atoms with Crippen molar-refractivity contribution in [1.29, 1.82) is 0 Å². The highest BCUT2D eigenvalue weighted by atomic mass is 79.9. The first-order valence-electron chi connectivity index (χ1n) is 4.98. The summed E-state index contributed by atoms with van der Waals surface area (Å²) in [4.78, 5) is 10.2. The molecule has 2 rings (SSSR count). The smallest absolute Gasteiger partial charge is 0.273 e. The summed E-state index contributed by atoms with van der Waals surface area (Å²) in [6, 6.07) is 4.53. The molecule has 6 heteroatoms. The topological polar surface area (TPSA) is 64.4 Å². The van der Waals surface area contributed by atoms with Crippen molar-refractivity contribution in [3.63, 3.8) is 0 Å². The normalized spacial score (nSPS) is 19.7. The molecule has 0 amide bonds. The first-order chi connectivity index (χ1) is 7.66. The van der Waals surface area contributed by atoms with Crippen LogP contribution in [-0.4, -0.2) is 24.1 Å². The first kappa shape index (κ1) is 11.3. The highest BCUT2D eigenvalue weighted by molar-refractivity contribution is 9.10. The fourth-order valence-corrected chi connectivity index (χ4v) is 1.94. The molecule has 0 unspecified atom stereocenters. The van der Waals surface area contributed by atoms with E-state index < -0.39 is 4.92 Å². The maximum atomic E-state index is 10.6. The van der Waals surface area contributed by atoms with Crippen LogP contribution in [0, 0.1) is 10.1 Å². The predicted octanol–water partition coefficient (Wildman–Crippen LogP) is 2.10. The molecule has 1 saturated heterocycles. The van der Waals surface area contributed by atoms with Crippen molar-refractivity contribution in [1.82, 2.24) is 5.32 Å². The molecule has 86 valence electrons. The Labute approximate surface area is 101 Å². The Kier molecular flexibility index (Phi) is 3.40. The maximum absolute atomic E-state index is 10.6. The largest absolute Gasteiger partial charge is 0.488 e. The van der Waals surface area contributed by atoms with Crippen LogP contribution in [0.1, 0.15) is 6.42 Å². The molecule has 5 nitrogen and oxygen atoms in total. The zero-order chi connectivity index (χ0) is 11.5. The Morgan fingerprint density at radius 3 is 3.00 bits per heavy atom. The second-order valence-corrected chi connectivity index (χ2v) is 4.46. The number of benzene rings is 1.